The molecular weight excluding hydrogens is 112 g/mol. The summed E-state index contributed by atoms with van der Waals surface area (Å²) in [6, 6.07) is 0. The molecule has 1 nitrogen and oxygen atoms in total. The van der Waals surface area contributed by atoms with Gasteiger partial charge in [0.1, 0.15) is 0 Å². The van der Waals surface area contributed by atoms with Gasteiger partial charge in [0.15, 0.2) is 0 Å². The molecule has 0 saturated heterocycles. The van der Waals surface area contributed by atoms with Crippen LogP contribution in [0, 0.1) is 17.8 Å². The predicted octanol–water partition coefficient (Wildman–Crippen LogP) is 1.19. The highest BCUT2D eigenvalue weighted by Crippen LogP contribution is 1.84. The first-order valence-corrected chi connectivity index (χ1v) is 3.04. The van der Waals surface area contributed by atoms with Gasteiger partial charge < -0.3 is 5.11 Å². The highest BCUT2D eigenvalue weighted by molar-refractivity contribution is 5.16. The molecule has 0 radical (unpaired) electrons. The molecule has 0 unspecified atom stereocenters. The third-order valence-electron chi connectivity index (χ3n) is 0.679. The molecule has 0 aromatic rings. The molecule has 0 fully saturated rings. The quantitative estimate of drug-likeness (QED) is 0.521. The predicted molar refractivity (Wildman–Crippen MR) is 38.8 cm³/mol. The smallest absolute Gasteiger partial charge is 0.0621 e. The number of aliphatic hydroxyl groups excluding tert-OH is 1. The van der Waals surface area contributed by atoms with E-state index in [2.05, 4.69) is 11.8 Å². The van der Waals surface area contributed by atoms with Gasteiger partial charge in [-0.3, -0.25) is 0 Å². The Balaban J connectivity index is 3.49. The molecule has 0 aromatic heterocycles. The highest BCUT2D eigenvalue weighted by atomic mass is 16.2. The van der Waals surface area contributed by atoms with Crippen LogP contribution >= 0.6 is 0 Å². The van der Waals surface area contributed by atoms with E-state index in [9.17, 15) is 0 Å². The standard InChI is InChI=1S/C8H12O/c1-8(2)6-4-3-5-7-9/h3,5,8-9H,7H2,1-2H3/b5-3+. The Morgan fingerprint density at radius 3 is 2.67 bits per heavy atom. The summed E-state index contributed by atoms with van der Waals surface area (Å²) in [5.74, 6) is 6.14. The molecule has 0 atom stereocenters. The van der Waals surface area contributed by atoms with Crippen LogP contribution in [-0.2, 0) is 0 Å². The molecule has 0 saturated carbocycles. The van der Waals surface area contributed by atoms with Crippen molar-refractivity contribution in [3.63, 3.8) is 0 Å². The Morgan fingerprint density at radius 1 is 1.56 bits per heavy atom. The number of hydrogen-bond donors (Lipinski definition) is 1. The maximum atomic E-state index is 8.28. The molecule has 0 spiro atoms. The maximum Gasteiger partial charge on any atom is 0.0621 e. The molecule has 1 heteroatoms. The van der Waals surface area contributed by atoms with E-state index in [1.54, 1.807) is 12.2 Å². The van der Waals surface area contributed by atoms with Crippen molar-refractivity contribution in [3.8, 4) is 11.8 Å². The molecule has 1 N–H and O–H groups in total. The van der Waals surface area contributed by atoms with Gasteiger partial charge in [-0.15, -0.1) is 0 Å². The van der Waals surface area contributed by atoms with E-state index in [4.69, 9.17) is 5.11 Å². The van der Waals surface area contributed by atoms with Crippen molar-refractivity contribution >= 4 is 0 Å². The van der Waals surface area contributed by atoms with Crippen molar-refractivity contribution < 1.29 is 5.11 Å². The Bertz CT molecular complexity index is 134. The van der Waals surface area contributed by atoms with Crippen LogP contribution < -0.4 is 0 Å². The first kappa shape index (κ1) is 8.26. The van der Waals surface area contributed by atoms with Gasteiger partial charge in [-0.2, -0.15) is 0 Å². The summed E-state index contributed by atoms with van der Waals surface area (Å²) in [6.07, 6.45) is 3.29. The van der Waals surface area contributed by atoms with Gasteiger partial charge in [0.25, 0.3) is 0 Å². The summed E-state index contributed by atoms with van der Waals surface area (Å²) in [6.45, 7) is 4.13. The Labute approximate surface area is 56.4 Å². The van der Waals surface area contributed by atoms with Crippen molar-refractivity contribution in [2.75, 3.05) is 6.61 Å². The minimum Gasteiger partial charge on any atom is -0.392 e. The second-order valence-corrected chi connectivity index (χ2v) is 2.03. The van der Waals surface area contributed by atoms with Crippen LogP contribution in [0.15, 0.2) is 12.2 Å². The second-order valence-electron chi connectivity index (χ2n) is 2.03. The van der Waals surface area contributed by atoms with Gasteiger partial charge in [-0.25, -0.2) is 0 Å². The number of rotatable bonds is 1. The van der Waals surface area contributed by atoms with Crippen LogP contribution in [-0.4, -0.2) is 11.7 Å². The fourth-order valence-electron chi connectivity index (χ4n) is 0.326. The Kier molecular flexibility index (Phi) is 4.95. The SMILES string of the molecule is CC(C)C#C/C=C/CO. The van der Waals surface area contributed by atoms with Crippen molar-refractivity contribution in [1.29, 1.82) is 0 Å². The summed E-state index contributed by atoms with van der Waals surface area (Å²) >= 11 is 0. The van der Waals surface area contributed by atoms with Crippen molar-refractivity contribution in [1.82, 2.24) is 0 Å². The van der Waals surface area contributed by atoms with Gasteiger partial charge >= 0.3 is 0 Å². The topological polar surface area (TPSA) is 20.2 Å². The molecule has 0 heterocycles. The molecule has 0 rings (SSSR count). The Morgan fingerprint density at radius 2 is 2.22 bits per heavy atom. The minimum absolute atomic E-state index is 0.0762. The van der Waals surface area contributed by atoms with Gasteiger partial charge in [-0.1, -0.05) is 31.8 Å². The Hall–Kier alpha value is -0.740. The normalized spacial score (nSPS) is 9.78. The molecule has 0 amide bonds. The summed E-state index contributed by atoms with van der Waals surface area (Å²) < 4.78 is 0. The van der Waals surface area contributed by atoms with E-state index in [0.717, 1.165) is 0 Å². The largest absolute Gasteiger partial charge is 0.392 e. The fourth-order valence-corrected chi connectivity index (χ4v) is 0.326. The summed E-state index contributed by atoms with van der Waals surface area (Å²) in [5.41, 5.74) is 0. The third-order valence-corrected chi connectivity index (χ3v) is 0.679. The van der Waals surface area contributed by atoms with Crippen LogP contribution in [0.5, 0.6) is 0 Å². The van der Waals surface area contributed by atoms with Crippen molar-refractivity contribution in [2.45, 2.75) is 13.8 Å². The number of hydrogen-bond acceptors (Lipinski definition) is 1. The summed E-state index contributed by atoms with van der Waals surface area (Å²) in [7, 11) is 0. The van der Waals surface area contributed by atoms with E-state index in [1.807, 2.05) is 13.8 Å². The first-order chi connectivity index (χ1) is 4.27. The lowest BCUT2D eigenvalue weighted by Crippen LogP contribution is -1.76. The van der Waals surface area contributed by atoms with E-state index in [-0.39, 0.29) is 6.61 Å². The van der Waals surface area contributed by atoms with Gasteiger partial charge in [0.05, 0.1) is 6.61 Å². The molecule has 0 aliphatic heterocycles. The molecule has 9 heavy (non-hydrogen) atoms. The minimum atomic E-state index is 0.0762. The van der Waals surface area contributed by atoms with E-state index < -0.39 is 0 Å². The summed E-state index contributed by atoms with van der Waals surface area (Å²) in [5, 5.41) is 8.28. The number of allylic oxidation sites excluding steroid dienone is 1. The molecule has 0 bridgehead atoms. The van der Waals surface area contributed by atoms with Crippen LogP contribution in [0.1, 0.15) is 13.8 Å². The number of aliphatic hydroxyl groups is 1. The first-order valence-electron chi connectivity index (χ1n) is 3.04. The molecule has 50 valence electrons. The lowest BCUT2D eigenvalue weighted by Gasteiger charge is -1.83. The van der Waals surface area contributed by atoms with Crippen LogP contribution in [0.3, 0.4) is 0 Å². The van der Waals surface area contributed by atoms with Crippen LogP contribution in [0.25, 0.3) is 0 Å². The van der Waals surface area contributed by atoms with Crippen molar-refractivity contribution in [2.24, 2.45) is 5.92 Å². The van der Waals surface area contributed by atoms with E-state index in [1.165, 1.54) is 0 Å². The highest BCUT2D eigenvalue weighted by Gasteiger charge is 1.77. The van der Waals surface area contributed by atoms with E-state index in [0.29, 0.717) is 5.92 Å². The van der Waals surface area contributed by atoms with E-state index >= 15 is 0 Å². The zero-order valence-electron chi connectivity index (χ0n) is 5.89. The zero-order chi connectivity index (χ0) is 7.11. The monoisotopic (exact) mass is 124 g/mol. The molecule has 0 aromatic carbocycles. The second kappa shape index (κ2) is 5.40. The van der Waals surface area contributed by atoms with Crippen molar-refractivity contribution in [3.05, 3.63) is 12.2 Å². The maximum absolute atomic E-state index is 8.28. The zero-order valence-corrected chi connectivity index (χ0v) is 5.89. The lowest BCUT2D eigenvalue weighted by atomic mass is 10.2. The van der Waals surface area contributed by atoms with Gasteiger partial charge in [-0.05, 0) is 6.08 Å². The van der Waals surface area contributed by atoms with Gasteiger partial charge in [0, 0.05) is 5.92 Å². The average molecular weight is 124 g/mol. The average Bonchev–Trinajstić information content (AvgIpc) is 1.80. The van der Waals surface area contributed by atoms with Gasteiger partial charge in [0.2, 0.25) is 0 Å². The van der Waals surface area contributed by atoms with Crippen LogP contribution in [0.2, 0.25) is 0 Å². The van der Waals surface area contributed by atoms with Crippen LogP contribution in [0.4, 0.5) is 0 Å². The third kappa shape index (κ3) is 7.26. The molecule has 0 aliphatic rings. The molecule has 0 aliphatic carbocycles. The lowest BCUT2D eigenvalue weighted by molar-refractivity contribution is 0.343. The summed E-state index contributed by atoms with van der Waals surface area (Å²) in [4.78, 5) is 0. The molecular formula is C8H12O. The fraction of sp³-hybridized carbons (Fsp3) is 0.500.